The Balaban J connectivity index is 2.02. The highest BCUT2D eigenvalue weighted by Crippen LogP contribution is 2.17. The fraction of sp³-hybridized carbons (Fsp3) is 0.167. The highest BCUT2D eigenvalue weighted by Gasteiger charge is 2.04. The Morgan fingerprint density at radius 1 is 1.19 bits per heavy atom. The minimum Gasteiger partial charge on any atom is -0.299 e. The van der Waals surface area contributed by atoms with Crippen LogP contribution in [-0.2, 0) is 0 Å². The number of hydrogen-bond donors (Lipinski definition) is 0. The van der Waals surface area contributed by atoms with Gasteiger partial charge in [0.15, 0.2) is 5.78 Å². The van der Waals surface area contributed by atoms with Crippen LogP contribution in [0.1, 0.15) is 20.1 Å². The summed E-state index contributed by atoms with van der Waals surface area (Å²) in [7, 11) is 3.96. The number of rotatable bonds is 4. The van der Waals surface area contributed by atoms with E-state index in [2.05, 4.69) is 11.8 Å². The summed E-state index contributed by atoms with van der Waals surface area (Å²) >= 11 is 1.43. The van der Waals surface area contributed by atoms with Crippen LogP contribution < -0.4 is 0 Å². The third-order valence-corrected chi connectivity index (χ3v) is 3.70. The van der Waals surface area contributed by atoms with E-state index in [1.165, 1.54) is 11.3 Å². The molecule has 0 radical (unpaired) electrons. The zero-order chi connectivity index (χ0) is 15.1. The second-order valence-corrected chi connectivity index (χ2v) is 5.90. The molecule has 21 heavy (non-hydrogen) atoms. The van der Waals surface area contributed by atoms with Gasteiger partial charge in [-0.3, -0.25) is 9.69 Å². The van der Waals surface area contributed by atoms with Crippen molar-refractivity contribution < 1.29 is 4.79 Å². The Kier molecular flexibility index (Phi) is 5.51. The Bertz CT molecular complexity index is 687. The van der Waals surface area contributed by atoms with E-state index in [0.717, 1.165) is 21.9 Å². The van der Waals surface area contributed by atoms with Crippen LogP contribution >= 0.6 is 11.3 Å². The van der Waals surface area contributed by atoms with E-state index in [9.17, 15) is 4.79 Å². The smallest absolute Gasteiger partial charge is 0.195 e. The molecule has 0 aliphatic heterocycles. The maximum absolute atomic E-state index is 12.1. The molecular weight excluding hydrogens is 278 g/mol. The van der Waals surface area contributed by atoms with Crippen molar-refractivity contribution in [2.75, 3.05) is 20.6 Å². The number of carbonyl (C=O) groups is 1. The van der Waals surface area contributed by atoms with Crippen LogP contribution in [0, 0.1) is 11.8 Å². The van der Waals surface area contributed by atoms with Crippen molar-refractivity contribution in [3.8, 4) is 11.8 Å². The monoisotopic (exact) mass is 295 g/mol. The molecule has 0 unspecified atom stereocenters. The molecule has 106 valence electrons. The SMILES string of the molecule is CN(C)CC#Cc1ccc(C(=O)/C=C/c2ccccc2)s1. The van der Waals surface area contributed by atoms with E-state index in [1.807, 2.05) is 67.5 Å². The van der Waals surface area contributed by atoms with Crippen LogP contribution in [0.2, 0.25) is 0 Å². The molecule has 1 heterocycles. The molecule has 2 nitrogen and oxygen atoms in total. The summed E-state index contributed by atoms with van der Waals surface area (Å²) in [6.07, 6.45) is 3.44. The third-order valence-electron chi connectivity index (χ3n) is 2.68. The first-order chi connectivity index (χ1) is 10.1. The fourth-order valence-corrected chi connectivity index (χ4v) is 2.44. The highest BCUT2D eigenvalue weighted by atomic mass is 32.1. The van der Waals surface area contributed by atoms with E-state index in [0.29, 0.717) is 0 Å². The van der Waals surface area contributed by atoms with Gasteiger partial charge in [0.1, 0.15) is 0 Å². The van der Waals surface area contributed by atoms with Crippen LogP contribution in [-0.4, -0.2) is 31.3 Å². The van der Waals surface area contributed by atoms with Gasteiger partial charge in [0.25, 0.3) is 0 Å². The summed E-state index contributed by atoms with van der Waals surface area (Å²) < 4.78 is 0. The van der Waals surface area contributed by atoms with Gasteiger partial charge in [-0.15, -0.1) is 11.3 Å². The van der Waals surface area contributed by atoms with E-state index in [1.54, 1.807) is 6.08 Å². The molecule has 0 amide bonds. The Hall–Kier alpha value is -2.15. The summed E-state index contributed by atoms with van der Waals surface area (Å²) in [5.41, 5.74) is 1.02. The first kappa shape index (κ1) is 15.2. The molecule has 0 saturated carbocycles. The Labute approximate surface area is 129 Å². The number of benzene rings is 1. The topological polar surface area (TPSA) is 20.3 Å². The van der Waals surface area contributed by atoms with Gasteiger partial charge in [0.2, 0.25) is 0 Å². The minimum absolute atomic E-state index is 0.0181. The molecular formula is C18H17NOS. The zero-order valence-corrected chi connectivity index (χ0v) is 13.0. The number of nitrogens with zero attached hydrogens (tertiary/aromatic N) is 1. The van der Waals surface area contributed by atoms with E-state index < -0.39 is 0 Å². The van der Waals surface area contributed by atoms with E-state index >= 15 is 0 Å². The van der Waals surface area contributed by atoms with Gasteiger partial charge in [-0.1, -0.05) is 48.2 Å². The van der Waals surface area contributed by atoms with Gasteiger partial charge in [0, 0.05) is 0 Å². The Morgan fingerprint density at radius 3 is 2.67 bits per heavy atom. The second kappa shape index (κ2) is 7.58. The standard InChI is InChI=1S/C18H17NOS/c1-19(2)14-6-9-16-11-13-18(21-16)17(20)12-10-15-7-4-3-5-8-15/h3-5,7-8,10-13H,14H2,1-2H3/b12-10+. The quantitative estimate of drug-likeness (QED) is 0.488. The zero-order valence-electron chi connectivity index (χ0n) is 12.2. The average molecular weight is 295 g/mol. The van der Waals surface area contributed by atoms with Crippen LogP contribution in [0.25, 0.3) is 6.08 Å². The molecule has 0 aliphatic rings. The molecule has 0 aliphatic carbocycles. The summed E-state index contributed by atoms with van der Waals surface area (Å²) in [6.45, 7) is 0.717. The van der Waals surface area contributed by atoms with E-state index in [-0.39, 0.29) is 5.78 Å². The largest absolute Gasteiger partial charge is 0.299 e. The molecule has 3 heteroatoms. The van der Waals surface area contributed by atoms with Crippen molar-refractivity contribution in [3.05, 3.63) is 63.9 Å². The number of ketones is 1. The van der Waals surface area contributed by atoms with Gasteiger partial charge < -0.3 is 0 Å². The van der Waals surface area contributed by atoms with Gasteiger partial charge in [-0.05, 0) is 37.9 Å². The molecule has 1 aromatic carbocycles. The molecule has 2 rings (SSSR count). The molecule has 0 spiro atoms. The number of thiophene rings is 1. The van der Waals surface area contributed by atoms with Crippen LogP contribution in [0.3, 0.4) is 0 Å². The second-order valence-electron chi connectivity index (χ2n) is 4.81. The highest BCUT2D eigenvalue weighted by molar-refractivity contribution is 7.14. The van der Waals surface area contributed by atoms with Gasteiger partial charge in [0.05, 0.1) is 16.3 Å². The van der Waals surface area contributed by atoms with Crippen LogP contribution in [0.4, 0.5) is 0 Å². The number of carbonyl (C=O) groups excluding carboxylic acids is 1. The lowest BCUT2D eigenvalue weighted by Crippen LogP contribution is -2.10. The van der Waals surface area contributed by atoms with Crippen molar-refractivity contribution in [1.82, 2.24) is 4.90 Å². The van der Waals surface area contributed by atoms with Gasteiger partial charge in [-0.2, -0.15) is 0 Å². The molecule has 0 fully saturated rings. The molecule has 0 N–H and O–H groups in total. The van der Waals surface area contributed by atoms with Crippen molar-refractivity contribution in [2.24, 2.45) is 0 Å². The third kappa shape index (κ3) is 5.03. The predicted molar refractivity (Wildman–Crippen MR) is 89.6 cm³/mol. The molecule has 0 saturated heterocycles. The Morgan fingerprint density at radius 2 is 1.95 bits per heavy atom. The van der Waals surface area contributed by atoms with Crippen LogP contribution in [0.15, 0.2) is 48.5 Å². The molecule has 0 bridgehead atoms. The van der Waals surface area contributed by atoms with Gasteiger partial charge >= 0.3 is 0 Å². The summed E-state index contributed by atoms with van der Waals surface area (Å²) in [5, 5.41) is 0. The maximum atomic E-state index is 12.1. The lowest BCUT2D eigenvalue weighted by Gasteiger charge is -2.00. The van der Waals surface area contributed by atoms with Crippen molar-refractivity contribution in [2.45, 2.75) is 0 Å². The van der Waals surface area contributed by atoms with Crippen molar-refractivity contribution >= 4 is 23.2 Å². The van der Waals surface area contributed by atoms with E-state index in [4.69, 9.17) is 0 Å². The summed E-state index contributed by atoms with van der Waals surface area (Å²) in [4.78, 5) is 15.7. The first-order valence-electron chi connectivity index (χ1n) is 6.66. The van der Waals surface area contributed by atoms with Gasteiger partial charge in [-0.25, -0.2) is 0 Å². The lowest BCUT2D eigenvalue weighted by molar-refractivity contribution is 0.105. The number of allylic oxidation sites excluding steroid dienone is 1. The molecule has 1 aromatic heterocycles. The molecule has 2 aromatic rings. The first-order valence-corrected chi connectivity index (χ1v) is 7.48. The van der Waals surface area contributed by atoms with Crippen molar-refractivity contribution in [1.29, 1.82) is 0 Å². The van der Waals surface area contributed by atoms with Crippen molar-refractivity contribution in [3.63, 3.8) is 0 Å². The summed E-state index contributed by atoms with van der Waals surface area (Å²) in [6, 6.07) is 13.5. The minimum atomic E-state index is 0.0181. The lowest BCUT2D eigenvalue weighted by atomic mass is 10.2. The van der Waals surface area contributed by atoms with Crippen LogP contribution in [0.5, 0.6) is 0 Å². The normalized spacial score (nSPS) is 10.6. The fourth-order valence-electron chi connectivity index (χ4n) is 1.64. The number of hydrogen-bond acceptors (Lipinski definition) is 3. The predicted octanol–water partition coefficient (Wildman–Crippen LogP) is 3.56. The maximum Gasteiger partial charge on any atom is 0.195 e. The summed E-state index contributed by atoms with van der Waals surface area (Å²) in [5.74, 6) is 6.16. The molecule has 0 atom stereocenters. The average Bonchev–Trinajstić information content (AvgIpc) is 2.94.